The Balaban J connectivity index is 1.45. The lowest BCUT2D eigenvalue weighted by Crippen LogP contribution is -2.13. The van der Waals surface area contributed by atoms with Crippen molar-refractivity contribution >= 4 is 38.0 Å². The van der Waals surface area contributed by atoms with Crippen LogP contribution in [0.15, 0.2) is 78.1 Å². The van der Waals surface area contributed by atoms with Crippen LogP contribution in [0.5, 0.6) is 0 Å². The molecule has 0 unspecified atom stereocenters. The van der Waals surface area contributed by atoms with Gasteiger partial charge in [-0.05, 0) is 48.5 Å². The maximum atomic E-state index is 12.9. The van der Waals surface area contributed by atoms with Crippen LogP contribution in [0.4, 0.5) is 5.69 Å². The van der Waals surface area contributed by atoms with Gasteiger partial charge in [0.25, 0.3) is 5.91 Å². The highest BCUT2D eigenvalue weighted by Crippen LogP contribution is 2.25. The third-order valence-corrected chi connectivity index (χ3v) is 6.20. The lowest BCUT2D eigenvalue weighted by atomic mass is 10.2. The minimum absolute atomic E-state index is 0.0467. The smallest absolute Gasteiger partial charge is 0.276 e. The van der Waals surface area contributed by atoms with Gasteiger partial charge in [0.15, 0.2) is 5.69 Å². The lowest BCUT2D eigenvalue weighted by Gasteiger charge is -2.06. The molecule has 0 fully saturated rings. The van der Waals surface area contributed by atoms with E-state index in [1.54, 1.807) is 36.5 Å². The number of nitrogens with one attached hydrogen (secondary N) is 1. The molecule has 0 radical (unpaired) electrons. The fraction of sp³-hybridized carbons (Fsp3) is 0.0870. The van der Waals surface area contributed by atoms with E-state index >= 15 is 0 Å². The third-order valence-electron chi connectivity index (χ3n) is 5.25. The molecule has 0 bridgehead atoms. The topological polar surface area (TPSA) is 98.4 Å². The Labute approximate surface area is 184 Å². The number of aromatic nitrogens is 4. The Morgan fingerprint density at radius 2 is 1.59 bits per heavy atom. The summed E-state index contributed by atoms with van der Waals surface area (Å²) in [6, 6.07) is 20.3. The van der Waals surface area contributed by atoms with Gasteiger partial charge in [-0.25, -0.2) is 18.4 Å². The highest BCUT2D eigenvalue weighted by atomic mass is 32.2. The zero-order valence-electron chi connectivity index (χ0n) is 17.4. The highest BCUT2D eigenvalue weighted by molar-refractivity contribution is 7.90. The second-order valence-electron chi connectivity index (χ2n) is 7.49. The number of carbonyl (C=O) groups excluding carboxylic acids is 1. The minimum Gasteiger partial charge on any atom is -0.327 e. The van der Waals surface area contributed by atoms with Crippen molar-refractivity contribution in [3.63, 3.8) is 0 Å². The fourth-order valence-corrected chi connectivity index (χ4v) is 4.51. The van der Waals surface area contributed by atoms with Crippen molar-refractivity contribution in [2.24, 2.45) is 7.05 Å². The summed E-state index contributed by atoms with van der Waals surface area (Å²) in [4.78, 5) is 21.7. The van der Waals surface area contributed by atoms with E-state index in [4.69, 9.17) is 0 Å². The number of amides is 1. The van der Waals surface area contributed by atoms with Gasteiger partial charge >= 0.3 is 0 Å². The highest BCUT2D eigenvalue weighted by Gasteiger charge is 2.22. The van der Waals surface area contributed by atoms with Gasteiger partial charge in [-0.2, -0.15) is 0 Å². The molecule has 160 valence electrons. The number of benzene rings is 2. The molecule has 2 aromatic carbocycles. The Hall–Kier alpha value is -3.98. The molecule has 32 heavy (non-hydrogen) atoms. The molecule has 0 spiro atoms. The average Bonchev–Trinajstić information content (AvgIpc) is 3.33. The van der Waals surface area contributed by atoms with Crippen molar-refractivity contribution in [1.82, 2.24) is 18.9 Å². The van der Waals surface area contributed by atoms with Crippen molar-refractivity contribution in [3.05, 3.63) is 78.6 Å². The van der Waals surface area contributed by atoms with Crippen LogP contribution in [0.2, 0.25) is 0 Å². The van der Waals surface area contributed by atoms with Crippen LogP contribution in [-0.2, 0) is 16.9 Å². The molecule has 1 amide bonds. The molecule has 5 aromatic rings. The van der Waals surface area contributed by atoms with Crippen LogP contribution >= 0.6 is 0 Å². The first-order chi connectivity index (χ1) is 15.3. The number of anilines is 1. The van der Waals surface area contributed by atoms with Crippen LogP contribution in [0.3, 0.4) is 0 Å². The molecule has 9 heteroatoms. The molecule has 0 atom stereocenters. The van der Waals surface area contributed by atoms with Crippen molar-refractivity contribution < 1.29 is 13.2 Å². The minimum atomic E-state index is -3.60. The fourth-order valence-electron chi connectivity index (χ4n) is 3.73. The molecule has 0 saturated carbocycles. The number of hydrogen-bond donors (Lipinski definition) is 1. The van der Waals surface area contributed by atoms with Gasteiger partial charge in [0.1, 0.15) is 5.82 Å². The van der Waals surface area contributed by atoms with Crippen LogP contribution < -0.4 is 5.32 Å². The predicted octanol–water partition coefficient (Wildman–Crippen LogP) is 3.54. The van der Waals surface area contributed by atoms with Crippen molar-refractivity contribution in [2.45, 2.75) is 5.16 Å². The zero-order chi connectivity index (χ0) is 22.5. The maximum absolute atomic E-state index is 12.9. The summed E-state index contributed by atoms with van der Waals surface area (Å²) in [6.45, 7) is 0. The molecular weight excluding hydrogens is 426 g/mol. The van der Waals surface area contributed by atoms with Crippen molar-refractivity contribution in [3.8, 4) is 11.4 Å². The number of sulfone groups is 1. The Morgan fingerprint density at radius 3 is 2.31 bits per heavy atom. The number of rotatable bonds is 4. The van der Waals surface area contributed by atoms with Gasteiger partial charge < -0.3 is 9.88 Å². The van der Waals surface area contributed by atoms with E-state index in [0.29, 0.717) is 11.2 Å². The first-order valence-electron chi connectivity index (χ1n) is 9.83. The van der Waals surface area contributed by atoms with E-state index in [1.807, 2.05) is 48.0 Å². The van der Waals surface area contributed by atoms with Gasteiger partial charge in [0.05, 0.1) is 16.6 Å². The predicted molar refractivity (Wildman–Crippen MR) is 122 cm³/mol. The largest absolute Gasteiger partial charge is 0.327 e. The molecule has 0 saturated heterocycles. The molecule has 0 aliphatic carbocycles. The molecule has 3 heterocycles. The van der Waals surface area contributed by atoms with E-state index in [9.17, 15) is 13.2 Å². The van der Waals surface area contributed by atoms with Gasteiger partial charge in [-0.1, -0.05) is 18.2 Å². The number of aryl methyl sites for hydroxylation is 1. The number of para-hydroxylation sites is 2. The molecule has 0 aliphatic rings. The van der Waals surface area contributed by atoms with Crippen molar-refractivity contribution in [2.75, 3.05) is 11.6 Å². The molecule has 1 N–H and O–H groups in total. The van der Waals surface area contributed by atoms with Crippen LogP contribution in [-0.4, -0.2) is 39.5 Å². The number of nitrogens with zero attached hydrogens (tertiary/aromatic N) is 4. The van der Waals surface area contributed by atoms with Crippen LogP contribution in [0.25, 0.3) is 27.9 Å². The number of pyridine rings is 1. The molecule has 3 aromatic heterocycles. The average molecular weight is 446 g/mol. The standard InChI is InChI=1S/C23H19N5O3S/c1-27-18-8-4-3-7-17(18)25-21(27)15-10-12-16(13-11-15)24-22(29)20-19-9-5-6-14-28(19)23(26-20)32(2,30)31/h3-14H,1-2H3,(H,24,29). The van der Waals surface area contributed by atoms with Crippen LogP contribution in [0.1, 0.15) is 10.5 Å². The maximum Gasteiger partial charge on any atom is 0.276 e. The zero-order valence-corrected chi connectivity index (χ0v) is 18.2. The lowest BCUT2D eigenvalue weighted by molar-refractivity contribution is 0.102. The summed E-state index contributed by atoms with van der Waals surface area (Å²) in [6.07, 6.45) is 2.64. The van der Waals surface area contributed by atoms with Gasteiger partial charge in [0.2, 0.25) is 15.0 Å². The Morgan fingerprint density at radius 1 is 0.906 bits per heavy atom. The van der Waals surface area contributed by atoms with E-state index < -0.39 is 15.7 Å². The van der Waals surface area contributed by atoms with Gasteiger partial charge in [0, 0.05) is 30.8 Å². The summed E-state index contributed by atoms with van der Waals surface area (Å²) in [7, 11) is -1.64. The van der Waals surface area contributed by atoms with E-state index in [2.05, 4.69) is 15.3 Å². The Kier molecular flexibility index (Phi) is 4.56. The monoisotopic (exact) mass is 445 g/mol. The van der Waals surface area contributed by atoms with E-state index in [1.165, 1.54) is 4.40 Å². The number of hydrogen-bond acceptors (Lipinski definition) is 5. The van der Waals surface area contributed by atoms with E-state index in [-0.39, 0.29) is 10.9 Å². The molecular formula is C23H19N5O3S. The first-order valence-corrected chi connectivity index (χ1v) is 11.7. The van der Waals surface area contributed by atoms with Gasteiger partial charge in [-0.3, -0.25) is 9.20 Å². The second-order valence-corrected chi connectivity index (χ2v) is 9.40. The van der Waals surface area contributed by atoms with Crippen LogP contribution in [0, 0.1) is 0 Å². The molecule has 8 nitrogen and oxygen atoms in total. The number of fused-ring (bicyclic) bond motifs is 2. The molecule has 0 aliphatic heterocycles. The van der Waals surface area contributed by atoms with Crippen molar-refractivity contribution in [1.29, 1.82) is 0 Å². The summed E-state index contributed by atoms with van der Waals surface area (Å²) >= 11 is 0. The Bertz CT molecular complexity index is 1600. The molecule has 5 rings (SSSR count). The SMILES string of the molecule is Cn1c(-c2ccc(NC(=O)c3nc(S(C)(=O)=O)n4ccccc34)cc2)nc2ccccc21. The first kappa shape index (κ1) is 20.0. The summed E-state index contributed by atoms with van der Waals surface area (Å²) in [5.41, 5.74) is 3.89. The van der Waals surface area contributed by atoms with E-state index in [0.717, 1.165) is 28.7 Å². The third kappa shape index (κ3) is 3.32. The normalized spacial score (nSPS) is 11.8. The van der Waals surface area contributed by atoms with Gasteiger partial charge in [-0.15, -0.1) is 0 Å². The summed E-state index contributed by atoms with van der Waals surface area (Å²) in [5.74, 6) is 0.334. The summed E-state index contributed by atoms with van der Waals surface area (Å²) in [5, 5.41) is 2.63. The number of carbonyl (C=O) groups is 1. The second kappa shape index (κ2) is 7.31. The number of imidazole rings is 2. The summed E-state index contributed by atoms with van der Waals surface area (Å²) < 4.78 is 27.6. The quantitative estimate of drug-likeness (QED) is 0.456.